The molecule has 1 amide bonds. The number of aliphatic carboxylic acids is 1. The minimum absolute atomic E-state index is 0.380. The Kier molecular flexibility index (Phi) is 6.42. The molecule has 0 radical (unpaired) electrons. The van der Waals surface area contributed by atoms with Crippen molar-refractivity contribution in [3.63, 3.8) is 0 Å². The molecule has 0 bridgehead atoms. The lowest BCUT2D eigenvalue weighted by Crippen LogP contribution is -2.39. The van der Waals surface area contributed by atoms with E-state index in [1.807, 2.05) is 0 Å². The molecule has 0 aliphatic carbocycles. The van der Waals surface area contributed by atoms with Crippen molar-refractivity contribution in [1.29, 1.82) is 0 Å². The molecule has 0 aliphatic heterocycles. The SMILES string of the molecule is C[C@H](N)C(=O)NCN=C([O-])CC(C(=O)O)S(C)(=O)=O. The summed E-state index contributed by atoms with van der Waals surface area (Å²) in [5.74, 6) is -3.08. The number of amides is 1. The van der Waals surface area contributed by atoms with Gasteiger partial charge in [0.05, 0.1) is 6.04 Å². The number of nitrogens with zero attached hydrogens (tertiary/aromatic N) is 1. The summed E-state index contributed by atoms with van der Waals surface area (Å²) >= 11 is 0. The van der Waals surface area contributed by atoms with E-state index in [4.69, 9.17) is 10.8 Å². The molecular weight excluding hydrogens is 278 g/mol. The van der Waals surface area contributed by atoms with Gasteiger partial charge in [-0.25, -0.2) is 8.42 Å². The van der Waals surface area contributed by atoms with Crippen LogP contribution in [-0.2, 0) is 19.4 Å². The number of hydrogen-bond donors (Lipinski definition) is 3. The third kappa shape index (κ3) is 6.72. The maximum Gasteiger partial charge on any atom is 0.322 e. The zero-order valence-electron chi connectivity index (χ0n) is 10.5. The van der Waals surface area contributed by atoms with E-state index in [2.05, 4.69) is 10.3 Å². The number of carboxylic acid groups (broad SMARTS) is 1. The lowest BCUT2D eigenvalue weighted by molar-refractivity contribution is -0.219. The first-order valence-corrected chi connectivity index (χ1v) is 7.16. The third-order valence-electron chi connectivity index (χ3n) is 2.07. The van der Waals surface area contributed by atoms with Gasteiger partial charge in [0.2, 0.25) is 5.91 Å². The van der Waals surface area contributed by atoms with Gasteiger partial charge < -0.3 is 21.3 Å². The summed E-state index contributed by atoms with van der Waals surface area (Å²) in [5.41, 5.74) is 5.23. The highest BCUT2D eigenvalue weighted by Crippen LogP contribution is 2.04. The smallest absolute Gasteiger partial charge is 0.322 e. The number of nitrogens with one attached hydrogen (secondary N) is 1. The minimum Gasteiger partial charge on any atom is -0.862 e. The van der Waals surface area contributed by atoms with Crippen LogP contribution in [-0.4, -0.2) is 55.5 Å². The van der Waals surface area contributed by atoms with Gasteiger partial charge in [0.1, 0.15) is 6.67 Å². The molecule has 0 saturated heterocycles. The second-order valence-electron chi connectivity index (χ2n) is 3.90. The fourth-order valence-electron chi connectivity index (χ4n) is 1.01. The molecule has 0 saturated carbocycles. The van der Waals surface area contributed by atoms with Crippen molar-refractivity contribution in [3.05, 3.63) is 0 Å². The Morgan fingerprint density at radius 2 is 2.00 bits per heavy atom. The number of hydrogen-bond acceptors (Lipinski definition) is 7. The molecule has 0 fully saturated rings. The van der Waals surface area contributed by atoms with E-state index in [-0.39, 0.29) is 6.67 Å². The van der Waals surface area contributed by atoms with Crippen LogP contribution in [0.2, 0.25) is 0 Å². The molecule has 4 N–H and O–H groups in total. The van der Waals surface area contributed by atoms with E-state index in [0.29, 0.717) is 0 Å². The second-order valence-corrected chi connectivity index (χ2v) is 6.13. The summed E-state index contributed by atoms with van der Waals surface area (Å²) in [4.78, 5) is 25.0. The maximum absolute atomic E-state index is 11.3. The second kappa shape index (κ2) is 7.04. The number of carbonyl (C=O) groups excluding carboxylic acids is 1. The van der Waals surface area contributed by atoms with Crippen molar-refractivity contribution < 1.29 is 28.2 Å². The lowest BCUT2D eigenvalue weighted by atomic mass is 10.3. The number of carboxylic acids is 1. The molecule has 0 aromatic rings. The molecule has 0 rings (SSSR count). The normalized spacial score (nSPS) is 15.6. The Morgan fingerprint density at radius 3 is 2.37 bits per heavy atom. The van der Waals surface area contributed by atoms with Gasteiger partial charge in [-0.1, -0.05) is 0 Å². The van der Waals surface area contributed by atoms with Crippen LogP contribution in [0, 0.1) is 0 Å². The molecule has 10 heteroatoms. The molecule has 110 valence electrons. The van der Waals surface area contributed by atoms with Crippen molar-refractivity contribution in [2.45, 2.75) is 24.6 Å². The number of sulfone groups is 1. The molecule has 9 nitrogen and oxygen atoms in total. The molecule has 0 aromatic heterocycles. The lowest BCUT2D eigenvalue weighted by Gasteiger charge is -2.16. The van der Waals surface area contributed by atoms with Gasteiger partial charge in [0, 0.05) is 12.7 Å². The van der Waals surface area contributed by atoms with Crippen molar-refractivity contribution in [2.75, 3.05) is 12.9 Å². The fraction of sp³-hybridized carbons (Fsp3) is 0.667. The Labute approximate surface area is 110 Å². The van der Waals surface area contributed by atoms with Crippen LogP contribution in [0.5, 0.6) is 0 Å². The van der Waals surface area contributed by atoms with E-state index < -0.39 is 45.3 Å². The predicted molar refractivity (Wildman–Crippen MR) is 65.0 cm³/mol. The first-order valence-electron chi connectivity index (χ1n) is 5.21. The average molecular weight is 294 g/mol. The van der Waals surface area contributed by atoms with Gasteiger partial charge in [-0.3, -0.25) is 14.6 Å². The molecular formula is C9H16N3O6S-. The summed E-state index contributed by atoms with van der Waals surface area (Å²) < 4.78 is 22.2. The van der Waals surface area contributed by atoms with Crippen molar-refractivity contribution >= 4 is 27.6 Å². The van der Waals surface area contributed by atoms with Crippen molar-refractivity contribution in [3.8, 4) is 0 Å². The summed E-state index contributed by atoms with van der Waals surface area (Å²) in [7, 11) is -3.90. The Morgan fingerprint density at radius 1 is 1.47 bits per heavy atom. The topological polar surface area (TPSA) is 162 Å². The van der Waals surface area contributed by atoms with Gasteiger partial charge in [-0.05, 0) is 12.8 Å². The average Bonchev–Trinajstić information content (AvgIpc) is 2.23. The van der Waals surface area contributed by atoms with Crippen molar-refractivity contribution in [2.24, 2.45) is 10.7 Å². The van der Waals surface area contributed by atoms with Crippen LogP contribution in [0.1, 0.15) is 13.3 Å². The highest BCUT2D eigenvalue weighted by molar-refractivity contribution is 7.92. The molecule has 0 aromatic carbocycles. The Bertz CT molecular complexity index is 470. The largest absolute Gasteiger partial charge is 0.862 e. The van der Waals surface area contributed by atoms with Crippen LogP contribution in [0.3, 0.4) is 0 Å². The van der Waals surface area contributed by atoms with E-state index in [1.165, 1.54) is 6.92 Å². The van der Waals surface area contributed by atoms with Crippen molar-refractivity contribution in [1.82, 2.24) is 5.32 Å². The summed E-state index contributed by atoms with van der Waals surface area (Å²) in [6.45, 7) is 1.05. The predicted octanol–water partition coefficient (Wildman–Crippen LogP) is -2.95. The first-order chi connectivity index (χ1) is 8.55. The molecule has 0 aliphatic rings. The van der Waals surface area contributed by atoms with Gasteiger partial charge in [-0.2, -0.15) is 0 Å². The van der Waals surface area contributed by atoms with E-state index in [0.717, 1.165) is 6.26 Å². The molecule has 0 heterocycles. The molecule has 1 unspecified atom stereocenters. The molecule has 0 spiro atoms. The number of rotatable bonds is 7. The quantitative estimate of drug-likeness (QED) is 0.334. The summed E-state index contributed by atoms with van der Waals surface area (Å²) in [5, 5.41) is 20.3. The van der Waals surface area contributed by atoms with E-state index in [1.54, 1.807) is 0 Å². The number of carbonyl (C=O) groups is 2. The standard InChI is InChI=1S/C9H17N3O6S/c1-5(10)8(14)12-4-11-7(13)3-6(9(15)16)19(2,17)18/h5-6H,3-4,10H2,1-2H3,(H,11,13)(H,12,14)(H,15,16)/p-1/t5-,6?/m0/s1. The zero-order chi connectivity index (χ0) is 15.2. The first kappa shape index (κ1) is 17.3. The highest BCUT2D eigenvalue weighted by Gasteiger charge is 2.28. The zero-order valence-corrected chi connectivity index (χ0v) is 11.3. The Balaban J connectivity index is 4.54. The number of nitrogens with two attached hydrogens (primary N) is 1. The minimum atomic E-state index is -3.90. The Hall–Kier alpha value is -1.68. The van der Waals surface area contributed by atoms with Crippen LogP contribution < -0.4 is 16.2 Å². The number of aliphatic imine (C=N–C) groups is 1. The monoisotopic (exact) mass is 294 g/mol. The van der Waals surface area contributed by atoms with Crippen LogP contribution >= 0.6 is 0 Å². The molecule has 2 atom stereocenters. The molecule has 19 heavy (non-hydrogen) atoms. The fourth-order valence-corrected chi connectivity index (χ4v) is 1.82. The van der Waals surface area contributed by atoms with E-state index >= 15 is 0 Å². The van der Waals surface area contributed by atoms with Gasteiger partial charge >= 0.3 is 5.97 Å². The summed E-state index contributed by atoms with van der Waals surface area (Å²) in [6, 6.07) is -0.770. The van der Waals surface area contributed by atoms with Crippen LogP contribution in [0.15, 0.2) is 4.99 Å². The maximum atomic E-state index is 11.3. The van der Waals surface area contributed by atoms with E-state index in [9.17, 15) is 23.1 Å². The highest BCUT2D eigenvalue weighted by atomic mass is 32.2. The summed E-state index contributed by atoms with van der Waals surface area (Å²) in [6.07, 6.45) is -0.0564. The van der Waals surface area contributed by atoms with Gasteiger partial charge in [-0.15, -0.1) is 0 Å². The third-order valence-corrected chi connectivity index (χ3v) is 3.48. The van der Waals surface area contributed by atoms with Gasteiger partial charge in [0.15, 0.2) is 15.1 Å². The van der Waals surface area contributed by atoms with Crippen LogP contribution in [0.4, 0.5) is 0 Å². The van der Waals surface area contributed by atoms with Gasteiger partial charge in [0.25, 0.3) is 0 Å². The van der Waals surface area contributed by atoms with Crippen LogP contribution in [0.25, 0.3) is 0 Å².